The van der Waals surface area contributed by atoms with Gasteiger partial charge >= 0.3 is 0 Å². The molecular weight excluding hydrogens is 380 g/mol. The highest BCUT2D eigenvalue weighted by molar-refractivity contribution is 9.10. The summed E-state index contributed by atoms with van der Waals surface area (Å²) in [7, 11) is 0. The van der Waals surface area contributed by atoms with E-state index in [1.165, 1.54) is 18.4 Å². The summed E-state index contributed by atoms with van der Waals surface area (Å²) in [6, 6.07) is 6.15. The molecule has 1 aliphatic rings. The van der Waals surface area contributed by atoms with E-state index in [9.17, 15) is 4.79 Å². The third kappa shape index (κ3) is 6.32. The lowest BCUT2D eigenvalue weighted by Gasteiger charge is -2.31. The zero-order valence-electron chi connectivity index (χ0n) is 13.5. The molecule has 4 nitrogen and oxygen atoms in total. The Morgan fingerprint density at radius 3 is 2.83 bits per heavy atom. The maximum Gasteiger partial charge on any atom is 0.223 e. The fourth-order valence-electron chi connectivity index (χ4n) is 2.94. The van der Waals surface area contributed by atoms with Crippen molar-refractivity contribution in [2.24, 2.45) is 11.7 Å². The molecule has 2 atom stereocenters. The van der Waals surface area contributed by atoms with Crippen molar-refractivity contribution in [1.82, 2.24) is 5.32 Å². The van der Waals surface area contributed by atoms with Gasteiger partial charge in [0.2, 0.25) is 5.91 Å². The van der Waals surface area contributed by atoms with E-state index in [0.717, 1.165) is 23.1 Å². The molecule has 0 bridgehead atoms. The average Bonchev–Trinajstić information content (AvgIpc) is 2.50. The predicted molar refractivity (Wildman–Crippen MR) is 99.2 cm³/mol. The van der Waals surface area contributed by atoms with Gasteiger partial charge in [-0.3, -0.25) is 4.79 Å². The minimum atomic E-state index is 0. The zero-order chi connectivity index (χ0) is 15.9. The van der Waals surface area contributed by atoms with E-state index in [2.05, 4.69) is 21.2 Å². The average molecular weight is 406 g/mol. The maximum absolute atomic E-state index is 12.1. The third-order valence-electron chi connectivity index (χ3n) is 4.23. The van der Waals surface area contributed by atoms with Crippen LogP contribution in [0.25, 0.3) is 0 Å². The molecular formula is C17H26BrClN2O2. The molecule has 0 heterocycles. The first-order valence-corrected chi connectivity index (χ1v) is 8.78. The Balaban J connectivity index is 0.00000264. The van der Waals surface area contributed by atoms with Gasteiger partial charge in [-0.15, -0.1) is 12.4 Å². The molecule has 130 valence electrons. The van der Waals surface area contributed by atoms with Crippen LogP contribution in [0.3, 0.4) is 0 Å². The van der Waals surface area contributed by atoms with E-state index in [4.69, 9.17) is 10.5 Å². The second-order valence-corrected chi connectivity index (χ2v) is 6.84. The van der Waals surface area contributed by atoms with Gasteiger partial charge < -0.3 is 15.8 Å². The van der Waals surface area contributed by atoms with Crippen LogP contribution in [0.1, 0.15) is 37.7 Å². The highest BCUT2D eigenvalue weighted by atomic mass is 79.9. The summed E-state index contributed by atoms with van der Waals surface area (Å²) in [5, 5.41) is 3.12. The highest BCUT2D eigenvalue weighted by Crippen LogP contribution is 2.26. The summed E-state index contributed by atoms with van der Waals surface area (Å²) in [5.74, 6) is 1.24. The predicted octanol–water partition coefficient (Wildman–Crippen LogP) is 3.58. The first kappa shape index (κ1) is 20.3. The van der Waals surface area contributed by atoms with E-state index in [-0.39, 0.29) is 24.4 Å². The lowest BCUT2D eigenvalue weighted by molar-refractivity contribution is -0.122. The molecule has 2 unspecified atom stereocenters. The molecule has 2 rings (SSSR count). The molecule has 1 amide bonds. The smallest absolute Gasteiger partial charge is 0.223 e. The Hall–Kier alpha value is -0.780. The number of amides is 1. The molecule has 1 aliphatic carbocycles. The first-order valence-electron chi connectivity index (χ1n) is 7.98. The molecule has 23 heavy (non-hydrogen) atoms. The fraction of sp³-hybridized carbons (Fsp3) is 0.588. The summed E-state index contributed by atoms with van der Waals surface area (Å²) < 4.78 is 6.59. The Labute approximate surface area is 153 Å². The monoisotopic (exact) mass is 404 g/mol. The number of hydrogen-bond acceptors (Lipinski definition) is 3. The zero-order valence-corrected chi connectivity index (χ0v) is 15.9. The van der Waals surface area contributed by atoms with Gasteiger partial charge in [-0.2, -0.15) is 0 Å². The van der Waals surface area contributed by atoms with E-state index >= 15 is 0 Å². The number of carbonyl (C=O) groups excluding carboxylic acids is 1. The summed E-state index contributed by atoms with van der Waals surface area (Å²) >= 11 is 3.47. The van der Waals surface area contributed by atoms with Crippen LogP contribution in [-0.4, -0.2) is 25.1 Å². The van der Waals surface area contributed by atoms with Gasteiger partial charge in [0.25, 0.3) is 0 Å². The van der Waals surface area contributed by atoms with Crippen LogP contribution in [0.2, 0.25) is 0 Å². The van der Waals surface area contributed by atoms with Gasteiger partial charge in [-0.1, -0.05) is 18.9 Å². The molecule has 0 spiro atoms. The van der Waals surface area contributed by atoms with Gasteiger partial charge in [0.05, 0.1) is 17.5 Å². The minimum absolute atomic E-state index is 0. The molecule has 0 radical (unpaired) electrons. The van der Waals surface area contributed by atoms with Gasteiger partial charge in [-0.25, -0.2) is 0 Å². The van der Waals surface area contributed by atoms with Crippen molar-refractivity contribution < 1.29 is 9.53 Å². The number of ether oxygens (including phenoxy) is 1. The molecule has 1 saturated carbocycles. The van der Waals surface area contributed by atoms with Gasteiger partial charge in [-0.05, 0) is 65.9 Å². The Morgan fingerprint density at radius 2 is 2.13 bits per heavy atom. The van der Waals surface area contributed by atoms with Crippen LogP contribution < -0.4 is 15.8 Å². The number of aryl methyl sites for hydroxylation is 1. The number of nitrogens with one attached hydrogen (secondary N) is 1. The summed E-state index contributed by atoms with van der Waals surface area (Å²) in [5.41, 5.74) is 6.96. The molecule has 1 fully saturated rings. The first-order chi connectivity index (χ1) is 10.6. The summed E-state index contributed by atoms with van der Waals surface area (Å²) in [6.07, 6.45) is 4.92. The normalized spacial score (nSPS) is 20.5. The van der Waals surface area contributed by atoms with Gasteiger partial charge in [0.1, 0.15) is 5.75 Å². The fourth-order valence-corrected chi connectivity index (χ4v) is 3.54. The highest BCUT2D eigenvalue weighted by Gasteiger charge is 2.25. The van der Waals surface area contributed by atoms with E-state index < -0.39 is 0 Å². The number of carbonyl (C=O) groups is 1. The quantitative estimate of drug-likeness (QED) is 0.760. The SMILES string of the molecule is Cc1ccc(OCCC(=O)NC2CCCCC2CN)c(Br)c1.Cl. The van der Waals surface area contributed by atoms with Crippen molar-refractivity contribution >= 4 is 34.2 Å². The third-order valence-corrected chi connectivity index (χ3v) is 4.85. The van der Waals surface area contributed by atoms with Crippen LogP contribution in [0.5, 0.6) is 5.75 Å². The van der Waals surface area contributed by atoms with E-state index in [1.807, 2.05) is 25.1 Å². The van der Waals surface area contributed by atoms with Crippen LogP contribution in [0.4, 0.5) is 0 Å². The minimum Gasteiger partial charge on any atom is -0.492 e. The molecule has 0 aliphatic heterocycles. The lowest BCUT2D eigenvalue weighted by atomic mass is 9.84. The van der Waals surface area contributed by atoms with Crippen molar-refractivity contribution in [3.8, 4) is 5.75 Å². The van der Waals surface area contributed by atoms with Crippen molar-refractivity contribution in [3.05, 3.63) is 28.2 Å². The number of halogens is 2. The standard InChI is InChI=1S/C17H25BrN2O2.ClH/c1-12-6-7-16(14(18)10-12)22-9-8-17(21)20-15-5-3-2-4-13(15)11-19;/h6-7,10,13,15H,2-5,8-9,11,19H2,1H3,(H,20,21);1H. The van der Waals surface area contributed by atoms with Crippen LogP contribution in [-0.2, 0) is 4.79 Å². The molecule has 6 heteroatoms. The van der Waals surface area contributed by atoms with E-state index in [1.54, 1.807) is 0 Å². The number of rotatable bonds is 6. The number of benzene rings is 1. The summed E-state index contributed by atoms with van der Waals surface area (Å²) in [6.45, 7) is 3.06. The van der Waals surface area contributed by atoms with Crippen molar-refractivity contribution in [3.63, 3.8) is 0 Å². The van der Waals surface area contributed by atoms with Crippen molar-refractivity contribution in [2.75, 3.05) is 13.2 Å². The molecule has 0 saturated heterocycles. The molecule has 3 N–H and O–H groups in total. The Kier molecular flexibility index (Phi) is 8.95. The second kappa shape index (κ2) is 10.2. The summed E-state index contributed by atoms with van der Waals surface area (Å²) in [4.78, 5) is 12.1. The number of nitrogens with two attached hydrogens (primary N) is 1. The topological polar surface area (TPSA) is 64.3 Å². The molecule has 0 aromatic heterocycles. The molecule has 1 aromatic carbocycles. The van der Waals surface area contributed by atoms with Crippen LogP contribution in [0.15, 0.2) is 22.7 Å². The largest absolute Gasteiger partial charge is 0.492 e. The van der Waals surface area contributed by atoms with Crippen molar-refractivity contribution in [2.45, 2.75) is 45.1 Å². The van der Waals surface area contributed by atoms with E-state index in [0.29, 0.717) is 25.5 Å². The number of hydrogen-bond donors (Lipinski definition) is 2. The van der Waals surface area contributed by atoms with Gasteiger partial charge in [0, 0.05) is 6.04 Å². The Bertz CT molecular complexity index is 513. The Morgan fingerprint density at radius 1 is 1.39 bits per heavy atom. The van der Waals surface area contributed by atoms with Crippen molar-refractivity contribution in [1.29, 1.82) is 0 Å². The van der Waals surface area contributed by atoms with Crippen LogP contribution in [0, 0.1) is 12.8 Å². The maximum atomic E-state index is 12.1. The second-order valence-electron chi connectivity index (χ2n) is 5.99. The molecule has 1 aromatic rings. The lowest BCUT2D eigenvalue weighted by Crippen LogP contribution is -2.45. The van der Waals surface area contributed by atoms with Gasteiger partial charge in [0.15, 0.2) is 0 Å². The van der Waals surface area contributed by atoms with Crippen LogP contribution >= 0.6 is 28.3 Å².